The van der Waals surface area contributed by atoms with Crippen molar-refractivity contribution in [2.75, 3.05) is 6.54 Å². The van der Waals surface area contributed by atoms with Gasteiger partial charge in [-0.25, -0.2) is 4.98 Å². The van der Waals surface area contributed by atoms with Crippen molar-refractivity contribution in [1.82, 2.24) is 10.3 Å². The molecule has 2 heterocycles. The van der Waals surface area contributed by atoms with E-state index >= 15 is 0 Å². The summed E-state index contributed by atoms with van der Waals surface area (Å²) in [6.07, 6.45) is 2.65. The predicted molar refractivity (Wildman–Crippen MR) is 52.3 cm³/mol. The summed E-state index contributed by atoms with van der Waals surface area (Å²) >= 11 is 0. The molecule has 0 radical (unpaired) electrons. The SMILES string of the molecule is Cc1ncoc1C1CC(C(=O)O)CCN1. The Kier molecular flexibility index (Phi) is 2.73. The summed E-state index contributed by atoms with van der Waals surface area (Å²) in [6.45, 7) is 2.58. The molecule has 1 aromatic rings. The second kappa shape index (κ2) is 4.02. The number of oxazole rings is 1. The van der Waals surface area contributed by atoms with E-state index in [2.05, 4.69) is 10.3 Å². The van der Waals surface area contributed by atoms with Crippen LogP contribution in [-0.2, 0) is 4.79 Å². The monoisotopic (exact) mass is 210 g/mol. The highest BCUT2D eigenvalue weighted by molar-refractivity contribution is 5.70. The fourth-order valence-electron chi connectivity index (χ4n) is 1.99. The summed E-state index contributed by atoms with van der Waals surface area (Å²) in [5.41, 5.74) is 0.832. The first kappa shape index (κ1) is 10.2. The van der Waals surface area contributed by atoms with E-state index in [0.29, 0.717) is 19.4 Å². The lowest BCUT2D eigenvalue weighted by molar-refractivity contribution is -0.143. The summed E-state index contributed by atoms with van der Waals surface area (Å²) < 4.78 is 5.27. The lowest BCUT2D eigenvalue weighted by Crippen LogP contribution is -2.35. The van der Waals surface area contributed by atoms with Gasteiger partial charge in [0.05, 0.1) is 17.7 Å². The fraction of sp³-hybridized carbons (Fsp3) is 0.600. The van der Waals surface area contributed by atoms with E-state index in [1.807, 2.05) is 6.92 Å². The summed E-state index contributed by atoms with van der Waals surface area (Å²) in [7, 11) is 0. The minimum absolute atomic E-state index is 0.0117. The van der Waals surface area contributed by atoms with E-state index in [1.54, 1.807) is 0 Å². The number of nitrogens with one attached hydrogen (secondary N) is 1. The van der Waals surface area contributed by atoms with Gasteiger partial charge in [0.15, 0.2) is 6.39 Å². The Morgan fingerprint density at radius 2 is 2.53 bits per heavy atom. The molecule has 5 nitrogen and oxygen atoms in total. The van der Waals surface area contributed by atoms with Crippen molar-refractivity contribution in [1.29, 1.82) is 0 Å². The van der Waals surface area contributed by atoms with Gasteiger partial charge in [0.1, 0.15) is 5.76 Å². The van der Waals surface area contributed by atoms with Crippen molar-refractivity contribution in [2.24, 2.45) is 5.92 Å². The second-order valence-corrected chi connectivity index (χ2v) is 3.87. The third kappa shape index (κ3) is 2.02. The molecule has 0 aromatic carbocycles. The highest BCUT2D eigenvalue weighted by Crippen LogP contribution is 2.28. The van der Waals surface area contributed by atoms with E-state index in [0.717, 1.165) is 11.5 Å². The second-order valence-electron chi connectivity index (χ2n) is 3.87. The van der Waals surface area contributed by atoms with Gasteiger partial charge in [0.25, 0.3) is 0 Å². The van der Waals surface area contributed by atoms with Crippen molar-refractivity contribution in [2.45, 2.75) is 25.8 Å². The molecule has 2 rings (SSSR count). The van der Waals surface area contributed by atoms with Gasteiger partial charge in [-0.05, 0) is 26.3 Å². The molecule has 1 aromatic heterocycles. The van der Waals surface area contributed by atoms with E-state index in [-0.39, 0.29) is 12.0 Å². The number of hydrogen-bond donors (Lipinski definition) is 2. The third-order valence-corrected chi connectivity index (χ3v) is 2.85. The minimum Gasteiger partial charge on any atom is -0.481 e. The van der Waals surface area contributed by atoms with Crippen LogP contribution in [0, 0.1) is 12.8 Å². The number of carbonyl (C=O) groups is 1. The summed E-state index contributed by atoms with van der Waals surface area (Å²) in [5, 5.41) is 12.2. The van der Waals surface area contributed by atoms with E-state index in [9.17, 15) is 4.79 Å². The summed E-state index contributed by atoms with van der Waals surface area (Å²) in [5.74, 6) is -0.236. The number of rotatable bonds is 2. The number of nitrogens with zero attached hydrogens (tertiary/aromatic N) is 1. The Balaban J connectivity index is 2.11. The third-order valence-electron chi connectivity index (χ3n) is 2.85. The summed E-state index contributed by atoms with van der Waals surface area (Å²) in [6, 6.07) is -0.0117. The van der Waals surface area contributed by atoms with Gasteiger partial charge in [-0.2, -0.15) is 0 Å². The number of hydrogen-bond acceptors (Lipinski definition) is 4. The molecule has 1 saturated heterocycles. The highest BCUT2D eigenvalue weighted by atomic mass is 16.4. The molecule has 2 unspecified atom stereocenters. The largest absolute Gasteiger partial charge is 0.481 e. The zero-order chi connectivity index (χ0) is 10.8. The molecule has 0 aliphatic carbocycles. The van der Waals surface area contributed by atoms with Gasteiger partial charge in [0.2, 0.25) is 0 Å². The van der Waals surface area contributed by atoms with E-state index in [1.165, 1.54) is 6.39 Å². The smallest absolute Gasteiger partial charge is 0.306 e. The first-order valence-corrected chi connectivity index (χ1v) is 5.04. The quantitative estimate of drug-likeness (QED) is 0.764. The van der Waals surface area contributed by atoms with Crippen LogP contribution in [0.3, 0.4) is 0 Å². The maximum absolute atomic E-state index is 10.9. The molecule has 0 amide bonds. The van der Waals surface area contributed by atoms with Gasteiger partial charge < -0.3 is 14.8 Å². The standard InChI is InChI=1S/C10H14N2O3/c1-6-9(15-5-12-6)8-4-7(10(13)14)2-3-11-8/h5,7-8,11H,2-4H2,1H3,(H,13,14). The minimum atomic E-state index is -0.723. The van der Waals surface area contributed by atoms with Gasteiger partial charge in [-0.1, -0.05) is 0 Å². The maximum Gasteiger partial charge on any atom is 0.306 e. The molecule has 1 aliphatic rings. The normalized spacial score (nSPS) is 26.5. The fourth-order valence-corrected chi connectivity index (χ4v) is 1.99. The van der Waals surface area contributed by atoms with Crippen LogP contribution < -0.4 is 5.32 Å². The number of piperidine rings is 1. The number of aromatic nitrogens is 1. The van der Waals surface area contributed by atoms with Crippen LogP contribution in [0.4, 0.5) is 0 Å². The number of carboxylic acid groups (broad SMARTS) is 1. The van der Waals surface area contributed by atoms with Crippen LogP contribution in [0.25, 0.3) is 0 Å². The number of carboxylic acids is 1. The molecule has 0 spiro atoms. The van der Waals surface area contributed by atoms with Gasteiger partial charge in [0, 0.05) is 0 Å². The van der Waals surface area contributed by atoms with E-state index in [4.69, 9.17) is 9.52 Å². The first-order chi connectivity index (χ1) is 7.18. The van der Waals surface area contributed by atoms with Gasteiger partial charge in [-0.3, -0.25) is 4.79 Å². The van der Waals surface area contributed by atoms with Gasteiger partial charge in [-0.15, -0.1) is 0 Å². The Morgan fingerprint density at radius 3 is 3.13 bits per heavy atom. The molecular formula is C10H14N2O3. The molecule has 2 atom stereocenters. The van der Waals surface area contributed by atoms with E-state index < -0.39 is 5.97 Å². The van der Waals surface area contributed by atoms with Crippen LogP contribution >= 0.6 is 0 Å². The van der Waals surface area contributed by atoms with Crippen LogP contribution in [0.15, 0.2) is 10.8 Å². The number of aryl methyl sites for hydroxylation is 1. The first-order valence-electron chi connectivity index (χ1n) is 5.04. The Hall–Kier alpha value is -1.36. The Bertz CT molecular complexity index is 361. The topological polar surface area (TPSA) is 75.4 Å². The van der Waals surface area contributed by atoms with Crippen LogP contribution in [-0.4, -0.2) is 22.6 Å². The molecule has 5 heteroatoms. The zero-order valence-electron chi connectivity index (χ0n) is 8.56. The molecule has 1 fully saturated rings. The zero-order valence-corrected chi connectivity index (χ0v) is 8.56. The van der Waals surface area contributed by atoms with Crippen LogP contribution in [0.1, 0.15) is 30.3 Å². The van der Waals surface area contributed by atoms with Crippen molar-refractivity contribution >= 4 is 5.97 Å². The number of aliphatic carboxylic acids is 1. The molecule has 0 saturated carbocycles. The molecular weight excluding hydrogens is 196 g/mol. The van der Waals surface area contributed by atoms with Crippen molar-refractivity contribution < 1.29 is 14.3 Å². The van der Waals surface area contributed by atoms with Crippen molar-refractivity contribution in [3.8, 4) is 0 Å². The predicted octanol–water partition coefficient (Wildman–Crippen LogP) is 1.11. The Labute approximate surface area is 87.5 Å². The molecule has 0 bridgehead atoms. The summed E-state index contributed by atoms with van der Waals surface area (Å²) in [4.78, 5) is 14.9. The lowest BCUT2D eigenvalue weighted by atomic mass is 9.91. The van der Waals surface area contributed by atoms with Crippen LogP contribution in [0.2, 0.25) is 0 Å². The molecule has 1 aliphatic heterocycles. The van der Waals surface area contributed by atoms with Crippen molar-refractivity contribution in [3.05, 3.63) is 17.8 Å². The van der Waals surface area contributed by atoms with Crippen molar-refractivity contribution in [3.63, 3.8) is 0 Å². The average Bonchev–Trinajstić information content (AvgIpc) is 2.64. The molecule has 15 heavy (non-hydrogen) atoms. The molecule has 82 valence electrons. The average molecular weight is 210 g/mol. The lowest BCUT2D eigenvalue weighted by Gasteiger charge is -2.26. The highest BCUT2D eigenvalue weighted by Gasteiger charge is 2.30. The van der Waals surface area contributed by atoms with Crippen LogP contribution in [0.5, 0.6) is 0 Å². The Morgan fingerprint density at radius 1 is 1.73 bits per heavy atom. The van der Waals surface area contributed by atoms with Gasteiger partial charge >= 0.3 is 5.97 Å². The maximum atomic E-state index is 10.9. The molecule has 2 N–H and O–H groups in total.